The molecule has 0 bridgehead atoms. The maximum atomic E-state index is 12.4. The van der Waals surface area contributed by atoms with Crippen molar-refractivity contribution in [2.75, 3.05) is 6.61 Å². The van der Waals surface area contributed by atoms with Crippen LogP contribution in [0.25, 0.3) is 11.1 Å². The van der Waals surface area contributed by atoms with Crippen LogP contribution in [0.1, 0.15) is 46.6 Å². The number of rotatable bonds is 8. The average molecular weight is 463 g/mol. The second-order valence-electron chi connectivity index (χ2n) is 8.30. The van der Waals surface area contributed by atoms with Crippen molar-refractivity contribution in [3.63, 3.8) is 0 Å². The van der Waals surface area contributed by atoms with Gasteiger partial charge in [0, 0.05) is 25.4 Å². The van der Waals surface area contributed by atoms with Crippen LogP contribution >= 0.6 is 0 Å². The number of ether oxygens (including phenoxy) is 1. The molecular weight excluding hydrogens is 436 g/mol. The number of aromatic nitrogens is 2. The van der Waals surface area contributed by atoms with Gasteiger partial charge in [0.1, 0.15) is 12.3 Å². The van der Waals surface area contributed by atoms with E-state index < -0.39 is 18.1 Å². The summed E-state index contributed by atoms with van der Waals surface area (Å²) < 4.78 is 6.75. The molecule has 1 atom stereocenters. The summed E-state index contributed by atoms with van der Waals surface area (Å²) in [5.74, 6) is -1.42. The van der Waals surface area contributed by atoms with E-state index in [1.54, 1.807) is 6.92 Å². The molecule has 1 aliphatic rings. The highest BCUT2D eigenvalue weighted by atomic mass is 16.5. The van der Waals surface area contributed by atoms with Crippen molar-refractivity contribution >= 4 is 18.0 Å². The van der Waals surface area contributed by atoms with Gasteiger partial charge in [0.05, 0.1) is 12.2 Å². The number of aryl methyl sites for hydroxylation is 1. The predicted molar refractivity (Wildman–Crippen MR) is 124 cm³/mol. The number of amides is 2. The molecule has 3 N–H and O–H groups in total. The third-order valence-electron chi connectivity index (χ3n) is 5.82. The maximum Gasteiger partial charge on any atom is 0.407 e. The molecule has 9 heteroatoms. The molecule has 1 heterocycles. The lowest BCUT2D eigenvalue weighted by atomic mass is 9.98. The zero-order valence-corrected chi connectivity index (χ0v) is 18.9. The minimum absolute atomic E-state index is 0.0363. The number of nitrogens with one attached hydrogen (secondary N) is 2. The van der Waals surface area contributed by atoms with Crippen molar-refractivity contribution in [1.82, 2.24) is 20.4 Å². The molecule has 0 aliphatic heterocycles. The first-order valence-corrected chi connectivity index (χ1v) is 11.0. The van der Waals surface area contributed by atoms with Gasteiger partial charge < -0.3 is 20.5 Å². The van der Waals surface area contributed by atoms with Crippen LogP contribution in [0.4, 0.5) is 4.79 Å². The van der Waals surface area contributed by atoms with E-state index in [0.717, 1.165) is 22.3 Å². The van der Waals surface area contributed by atoms with Crippen LogP contribution in [0.2, 0.25) is 0 Å². The van der Waals surface area contributed by atoms with Gasteiger partial charge in [-0.2, -0.15) is 5.10 Å². The fourth-order valence-corrected chi connectivity index (χ4v) is 4.24. The Hall–Kier alpha value is -4.14. The number of benzene rings is 2. The van der Waals surface area contributed by atoms with E-state index in [-0.39, 0.29) is 37.1 Å². The molecule has 0 unspecified atom stereocenters. The van der Waals surface area contributed by atoms with Crippen LogP contribution in [0, 0.1) is 0 Å². The molecule has 1 aromatic heterocycles. The molecule has 2 amide bonds. The lowest BCUT2D eigenvalue weighted by Crippen LogP contribution is -2.38. The Labute approximate surface area is 196 Å². The van der Waals surface area contributed by atoms with Crippen LogP contribution in [0.5, 0.6) is 0 Å². The highest BCUT2D eigenvalue weighted by Crippen LogP contribution is 2.44. The summed E-state index contributed by atoms with van der Waals surface area (Å²) in [6.45, 7) is 2.01. The predicted octanol–water partition coefficient (Wildman–Crippen LogP) is 3.05. The SMILES string of the molecule is C[C@H](CC(=O)NCc1cc(C(=O)O)n(C)n1)NC(=O)OCC1c2ccccc2-c2ccccc21. The first-order chi connectivity index (χ1) is 16.3. The average Bonchev–Trinajstić information content (AvgIpc) is 3.34. The van der Waals surface area contributed by atoms with E-state index in [9.17, 15) is 14.4 Å². The van der Waals surface area contributed by atoms with Crippen LogP contribution in [0.3, 0.4) is 0 Å². The minimum atomic E-state index is -1.09. The number of carboxylic acids is 1. The molecule has 1 aliphatic carbocycles. The Morgan fingerprint density at radius 3 is 2.29 bits per heavy atom. The maximum absolute atomic E-state index is 12.4. The van der Waals surface area contributed by atoms with E-state index in [0.29, 0.717) is 5.69 Å². The summed E-state index contributed by atoms with van der Waals surface area (Å²) >= 11 is 0. The number of carbonyl (C=O) groups is 3. The van der Waals surface area contributed by atoms with Crippen molar-refractivity contribution < 1.29 is 24.2 Å². The molecule has 34 heavy (non-hydrogen) atoms. The fraction of sp³-hybridized carbons (Fsp3) is 0.280. The number of fused-ring (bicyclic) bond motifs is 3. The molecule has 3 aromatic rings. The summed E-state index contributed by atoms with van der Waals surface area (Å²) in [5.41, 5.74) is 5.04. The fourth-order valence-electron chi connectivity index (χ4n) is 4.24. The number of carbonyl (C=O) groups excluding carboxylic acids is 2. The number of hydrogen-bond donors (Lipinski definition) is 3. The molecule has 4 rings (SSSR count). The third kappa shape index (κ3) is 4.93. The summed E-state index contributed by atoms with van der Waals surface area (Å²) in [6.07, 6.45) is -0.541. The summed E-state index contributed by atoms with van der Waals surface area (Å²) in [7, 11) is 1.52. The Bertz CT molecular complexity index is 1190. The zero-order valence-electron chi connectivity index (χ0n) is 18.9. The van der Waals surface area contributed by atoms with Crippen molar-refractivity contribution in [2.24, 2.45) is 7.05 Å². The largest absolute Gasteiger partial charge is 0.477 e. The number of aromatic carboxylic acids is 1. The number of alkyl carbamates (subject to hydrolysis) is 1. The van der Waals surface area contributed by atoms with Crippen LogP contribution in [-0.4, -0.2) is 45.5 Å². The van der Waals surface area contributed by atoms with E-state index >= 15 is 0 Å². The Kier molecular flexibility index (Phi) is 6.62. The highest BCUT2D eigenvalue weighted by molar-refractivity contribution is 5.85. The van der Waals surface area contributed by atoms with Gasteiger partial charge in [0.25, 0.3) is 0 Å². The van der Waals surface area contributed by atoms with Gasteiger partial charge in [-0.1, -0.05) is 48.5 Å². The van der Waals surface area contributed by atoms with Crippen molar-refractivity contribution in [1.29, 1.82) is 0 Å². The molecule has 0 spiro atoms. The Morgan fingerprint density at radius 1 is 1.09 bits per heavy atom. The van der Waals surface area contributed by atoms with Gasteiger partial charge in [0.15, 0.2) is 0 Å². The second-order valence-corrected chi connectivity index (χ2v) is 8.30. The molecule has 0 radical (unpaired) electrons. The van der Waals surface area contributed by atoms with Gasteiger partial charge in [-0.25, -0.2) is 9.59 Å². The Morgan fingerprint density at radius 2 is 1.71 bits per heavy atom. The Balaban J connectivity index is 1.25. The van der Waals surface area contributed by atoms with Crippen LogP contribution < -0.4 is 10.6 Å². The highest BCUT2D eigenvalue weighted by Gasteiger charge is 2.29. The minimum Gasteiger partial charge on any atom is -0.477 e. The second kappa shape index (κ2) is 9.78. The standard InChI is InChI=1S/C25H26N4O5/c1-15(11-23(30)26-13-16-12-22(24(31)32)29(2)28-16)27-25(33)34-14-21-19-9-5-3-7-17(19)18-8-4-6-10-20(18)21/h3-10,12,15,21H,11,13-14H2,1-2H3,(H,26,30)(H,27,33)(H,31,32)/t15-/m1/s1. The van der Waals surface area contributed by atoms with Gasteiger partial charge in [-0.15, -0.1) is 0 Å². The normalized spacial score (nSPS) is 13.0. The summed E-state index contributed by atoms with van der Waals surface area (Å²) in [5, 5.41) is 18.5. The quantitative estimate of drug-likeness (QED) is 0.473. The van der Waals surface area contributed by atoms with Crippen LogP contribution in [-0.2, 0) is 23.1 Å². The van der Waals surface area contributed by atoms with E-state index in [2.05, 4.69) is 40.0 Å². The number of nitrogens with zero attached hydrogens (tertiary/aromatic N) is 2. The van der Waals surface area contributed by atoms with Gasteiger partial charge in [-0.3, -0.25) is 9.48 Å². The zero-order chi connectivity index (χ0) is 24.2. The van der Waals surface area contributed by atoms with E-state index in [1.165, 1.54) is 17.8 Å². The first kappa shape index (κ1) is 23.0. The molecule has 0 fully saturated rings. The lowest BCUT2D eigenvalue weighted by Gasteiger charge is -2.17. The topological polar surface area (TPSA) is 123 Å². The number of hydrogen-bond acceptors (Lipinski definition) is 5. The molecule has 0 saturated carbocycles. The van der Waals surface area contributed by atoms with Crippen molar-refractivity contribution in [3.8, 4) is 11.1 Å². The summed E-state index contributed by atoms with van der Waals surface area (Å²) in [4.78, 5) is 35.7. The molecule has 0 saturated heterocycles. The van der Waals surface area contributed by atoms with Crippen molar-refractivity contribution in [2.45, 2.75) is 31.8 Å². The van der Waals surface area contributed by atoms with Crippen molar-refractivity contribution in [3.05, 3.63) is 77.1 Å². The summed E-state index contributed by atoms with van der Waals surface area (Å²) in [6, 6.07) is 17.1. The lowest BCUT2D eigenvalue weighted by molar-refractivity contribution is -0.121. The first-order valence-electron chi connectivity index (χ1n) is 11.0. The van der Waals surface area contributed by atoms with E-state index in [1.807, 2.05) is 24.3 Å². The van der Waals surface area contributed by atoms with Crippen LogP contribution in [0.15, 0.2) is 54.6 Å². The van der Waals surface area contributed by atoms with E-state index in [4.69, 9.17) is 9.84 Å². The molecule has 2 aromatic carbocycles. The molecule has 9 nitrogen and oxygen atoms in total. The molecular formula is C25H26N4O5. The van der Waals surface area contributed by atoms with Gasteiger partial charge in [-0.05, 0) is 35.2 Å². The monoisotopic (exact) mass is 462 g/mol. The van der Waals surface area contributed by atoms with Gasteiger partial charge >= 0.3 is 12.1 Å². The smallest absolute Gasteiger partial charge is 0.407 e. The number of carboxylic acid groups (broad SMARTS) is 1. The van der Waals surface area contributed by atoms with Gasteiger partial charge in [0.2, 0.25) is 5.91 Å². The molecule has 176 valence electrons. The third-order valence-corrected chi connectivity index (χ3v) is 5.82.